The Morgan fingerprint density at radius 1 is 1.67 bits per heavy atom. The number of ether oxygens (including phenoxy) is 1. The zero-order valence-electron chi connectivity index (χ0n) is 7.88. The summed E-state index contributed by atoms with van der Waals surface area (Å²) in [7, 11) is 1.29. The second kappa shape index (κ2) is 4.89. The first-order valence-electron chi connectivity index (χ1n) is 4.01. The number of Topliss-reactive ketones (excluding diaryl/α,β-unsaturated/α-hetero) is 1. The molecule has 0 aromatic heterocycles. The summed E-state index contributed by atoms with van der Waals surface area (Å²) in [4.78, 5) is 11.4. The van der Waals surface area contributed by atoms with E-state index in [0.717, 1.165) is 6.07 Å². The third kappa shape index (κ3) is 2.16. The molecule has 3 nitrogen and oxygen atoms in total. The van der Waals surface area contributed by atoms with Gasteiger partial charge in [0.1, 0.15) is 23.2 Å². The summed E-state index contributed by atoms with van der Waals surface area (Å²) in [5.74, 6) is -0.967. The lowest BCUT2D eigenvalue weighted by Crippen LogP contribution is -2.05. The van der Waals surface area contributed by atoms with Crippen LogP contribution in [-0.2, 0) is 0 Å². The second-order valence-electron chi connectivity index (χ2n) is 2.67. The minimum atomic E-state index is -0.694. The van der Waals surface area contributed by atoms with Gasteiger partial charge >= 0.3 is 0 Å². The molecule has 0 aliphatic rings. The van der Waals surface area contributed by atoms with Gasteiger partial charge in [0.25, 0.3) is 0 Å². The van der Waals surface area contributed by atoms with Gasteiger partial charge in [-0.1, -0.05) is 15.9 Å². The molecule has 78 valence electrons. The fraction of sp³-hybridized carbons (Fsp3) is 0.200. The van der Waals surface area contributed by atoms with Crippen LogP contribution in [0.1, 0.15) is 15.9 Å². The Hall–Kier alpha value is -1.41. The van der Waals surface area contributed by atoms with Crippen molar-refractivity contribution in [2.45, 2.75) is 0 Å². The van der Waals surface area contributed by atoms with Crippen LogP contribution in [0.15, 0.2) is 12.1 Å². The minimum Gasteiger partial charge on any atom is -0.494 e. The van der Waals surface area contributed by atoms with E-state index in [9.17, 15) is 9.18 Å². The fourth-order valence-corrected chi connectivity index (χ4v) is 1.47. The number of carbonyl (C=O) groups excluding carboxylic acids is 1. The molecule has 0 aliphatic carbocycles. The van der Waals surface area contributed by atoms with E-state index < -0.39 is 5.82 Å². The van der Waals surface area contributed by atoms with E-state index in [1.165, 1.54) is 13.2 Å². The van der Waals surface area contributed by atoms with Gasteiger partial charge in [-0.25, -0.2) is 4.39 Å². The molecular formula is C10H7BrFNO2. The molecule has 1 rings (SSSR count). The normalized spacial score (nSPS) is 9.47. The topological polar surface area (TPSA) is 50.1 Å². The standard InChI is InChI=1S/C10H7BrFNO2/c1-15-10-6(9(14)4-11)2-3-8(12)7(10)5-13/h2-3H,4H2,1H3. The smallest absolute Gasteiger partial charge is 0.177 e. The van der Waals surface area contributed by atoms with Crippen LogP contribution in [0.25, 0.3) is 0 Å². The van der Waals surface area contributed by atoms with Gasteiger partial charge in [0.2, 0.25) is 0 Å². The summed E-state index contributed by atoms with van der Waals surface area (Å²) in [6.45, 7) is 0. The molecule has 0 saturated carbocycles. The van der Waals surface area contributed by atoms with Crippen molar-refractivity contribution in [2.24, 2.45) is 0 Å². The highest BCUT2D eigenvalue weighted by Crippen LogP contribution is 2.26. The van der Waals surface area contributed by atoms with Gasteiger partial charge < -0.3 is 4.74 Å². The quantitative estimate of drug-likeness (QED) is 0.626. The van der Waals surface area contributed by atoms with Gasteiger partial charge in [0, 0.05) is 0 Å². The first-order chi connectivity index (χ1) is 7.15. The molecule has 0 saturated heterocycles. The van der Waals surface area contributed by atoms with Crippen LogP contribution < -0.4 is 4.74 Å². The van der Waals surface area contributed by atoms with E-state index in [2.05, 4.69) is 15.9 Å². The fourth-order valence-electron chi connectivity index (χ4n) is 1.17. The van der Waals surface area contributed by atoms with Crippen LogP contribution >= 0.6 is 15.9 Å². The van der Waals surface area contributed by atoms with Crippen LogP contribution in [0, 0.1) is 17.1 Å². The lowest BCUT2D eigenvalue weighted by Gasteiger charge is -2.08. The van der Waals surface area contributed by atoms with Crippen molar-refractivity contribution < 1.29 is 13.9 Å². The number of alkyl halides is 1. The Balaban J connectivity index is 3.43. The molecule has 0 fully saturated rings. The Kier molecular flexibility index (Phi) is 3.81. The molecule has 0 aliphatic heterocycles. The van der Waals surface area contributed by atoms with Crippen molar-refractivity contribution in [3.63, 3.8) is 0 Å². The van der Waals surface area contributed by atoms with Crippen LogP contribution in [0.2, 0.25) is 0 Å². The van der Waals surface area contributed by atoms with E-state index in [0.29, 0.717) is 0 Å². The number of carbonyl (C=O) groups is 1. The molecule has 1 aromatic rings. The van der Waals surface area contributed by atoms with Crippen molar-refractivity contribution in [2.75, 3.05) is 12.4 Å². The van der Waals surface area contributed by atoms with Gasteiger partial charge in [-0.3, -0.25) is 4.79 Å². The van der Waals surface area contributed by atoms with E-state index in [1.54, 1.807) is 6.07 Å². The van der Waals surface area contributed by atoms with Crippen LogP contribution in [0.5, 0.6) is 5.75 Å². The average molecular weight is 272 g/mol. The maximum absolute atomic E-state index is 13.2. The largest absolute Gasteiger partial charge is 0.494 e. The maximum Gasteiger partial charge on any atom is 0.177 e. The average Bonchev–Trinajstić information content (AvgIpc) is 2.27. The highest BCUT2D eigenvalue weighted by atomic mass is 79.9. The van der Waals surface area contributed by atoms with Gasteiger partial charge in [-0.2, -0.15) is 5.26 Å². The first-order valence-corrected chi connectivity index (χ1v) is 5.13. The number of ketones is 1. The van der Waals surface area contributed by atoms with Crippen molar-refractivity contribution >= 4 is 21.7 Å². The number of hydrogen-bond donors (Lipinski definition) is 0. The van der Waals surface area contributed by atoms with E-state index >= 15 is 0 Å². The molecule has 0 amide bonds. The molecule has 0 N–H and O–H groups in total. The first kappa shape index (κ1) is 11.7. The number of halogens is 2. The SMILES string of the molecule is COc1c(C(=O)CBr)ccc(F)c1C#N. The molecule has 0 bridgehead atoms. The Bertz CT molecular complexity index is 440. The van der Waals surface area contributed by atoms with Crippen molar-refractivity contribution in [3.05, 3.63) is 29.1 Å². The second-order valence-corrected chi connectivity index (χ2v) is 3.23. The predicted molar refractivity (Wildman–Crippen MR) is 55.8 cm³/mol. The van der Waals surface area contributed by atoms with Gasteiger partial charge in [-0.15, -0.1) is 0 Å². The minimum absolute atomic E-state index is 0.0121. The third-order valence-corrected chi connectivity index (χ3v) is 2.35. The van der Waals surface area contributed by atoms with Gasteiger partial charge in [0.15, 0.2) is 5.78 Å². The molecule has 0 spiro atoms. The van der Waals surface area contributed by atoms with Crippen molar-refractivity contribution in [1.29, 1.82) is 5.26 Å². The summed E-state index contributed by atoms with van der Waals surface area (Å²) in [5, 5.41) is 8.81. The van der Waals surface area contributed by atoms with Gasteiger partial charge in [-0.05, 0) is 12.1 Å². The molecule has 0 unspecified atom stereocenters. The van der Waals surface area contributed by atoms with Crippen molar-refractivity contribution in [3.8, 4) is 11.8 Å². The Morgan fingerprint density at radius 3 is 2.80 bits per heavy atom. The summed E-state index contributed by atoms with van der Waals surface area (Å²) in [6.07, 6.45) is 0. The molecule has 1 aromatic carbocycles. The van der Waals surface area contributed by atoms with E-state index in [-0.39, 0.29) is 28.0 Å². The van der Waals surface area contributed by atoms with Crippen LogP contribution in [-0.4, -0.2) is 18.2 Å². The lowest BCUT2D eigenvalue weighted by molar-refractivity contribution is 0.102. The molecule has 0 radical (unpaired) electrons. The summed E-state index contributed by atoms with van der Waals surface area (Å²) >= 11 is 3.00. The number of hydrogen-bond acceptors (Lipinski definition) is 3. The van der Waals surface area contributed by atoms with Gasteiger partial charge in [0.05, 0.1) is 18.0 Å². The third-order valence-electron chi connectivity index (χ3n) is 1.84. The summed E-state index contributed by atoms with van der Waals surface area (Å²) < 4.78 is 18.0. The molecule has 0 atom stereocenters. The zero-order chi connectivity index (χ0) is 11.4. The molecular weight excluding hydrogens is 265 g/mol. The number of rotatable bonds is 3. The van der Waals surface area contributed by atoms with E-state index in [1.807, 2.05) is 0 Å². The number of nitrogens with zero attached hydrogens (tertiary/aromatic N) is 1. The lowest BCUT2D eigenvalue weighted by atomic mass is 10.1. The highest BCUT2D eigenvalue weighted by molar-refractivity contribution is 9.09. The van der Waals surface area contributed by atoms with Crippen LogP contribution in [0.3, 0.4) is 0 Å². The number of benzene rings is 1. The zero-order valence-corrected chi connectivity index (χ0v) is 9.47. The van der Waals surface area contributed by atoms with E-state index in [4.69, 9.17) is 10.00 Å². The monoisotopic (exact) mass is 271 g/mol. The summed E-state index contributed by atoms with van der Waals surface area (Å²) in [6, 6.07) is 4.05. The molecule has 0 heterocycles. The van der Waals surface area contributed by atoms with Crippen LogP contribution in [0.4, 0.5) is 4.39 Å². The number of nitriles is 1. The Morgan fingerprint density at radius 2 is 2.33 bits per heavy atom. The molecule has 5 heteroatoms. The maximum atomic E-state index is 13.2. The number of methoxy groups -OCH3 is 1. The molecule has 15 heavy (non-hydrogen) atoms. The Labute approximate surface area is 94.6 Å². The predicted octanol–water partition coefficient (Wildman–Crippen LogP) is 2.28. The van der Waals surface area contributed by atoms with Crippen molar-refractivity contribution in [1.82, 2.24) is 0 Å². The summed E-state index contributed by atoms with van der Waals surface area (Å²) in [5.41, 5.74) is -0.0448. The highest BCUT2D eigenvalue weighted by Gasteiger charge is 2.18.